The fourth-order valence-electron chi connectivity index (χ4n) is 4.10. The maximum atomic E-state index is 13.3. The van der Waals surface area contributed by atoms with Crippen LogP contribution in [0.5, 0.6) is 11.9 Å². The minimum absolute atomic E-state index is 0.106. The molecule has 2 aromatic carbocycles. The standard InChI is InChI=1S/C26H26N6O7S2/c1-15(33)31-40(34,35)19-6-4-5-18(12-19)29-24-20-10-7-16(21-13-28-26(39-3)30-25(21)38-2)11-22(20)27-14-23(24)41(36,37)32-17-8-9-17/h4-7,10-14,17,32H,8-9H2,1-3H3,(H,27,29)(H,31,33). The van der Waals surface area contributed by atoms with Crippen LogP contribution >= 0.6 is 0 Å². The van der Waals surface area contributed by atoms with Crippen molar-refractivity contribution in [2.75, 3.05) is 19.5 Å². The number of hydrogen-bond acceptors (Lipinski definition) is 11. The molecule has 0 saturated heterocycles. The molecule has 2 aromatic heterocycles. The average Bonchev–Trinajstić information content (AvgIpc) is 3.75. The highest BCUT2D eigenvalue weighted by atomic mass is 32.2. The number of sulfonamides is 2. The van der Waals surface area contributed by atoms with Gasteiger partial charge in [-0.1, -0.05) is 18.2 Å². The third kappa shape index (κ3) is 6.06. The molecular weight excluding hydrogens is 572 g/mol. The van der Waals surface area contributed by atoms with E-state index in [1.165, 1.54) is 38.6 Å². The van der Waals surface area contributed by atoms with Crippen LogP contribution in [-0.2, 0) is 24.8 Å². The molecule has 1 saturated carbocycles. The van der Waals surface area contributed by atoms with E-state index in [4.69, 9.17) is 9.47 Å². The molecular formula is C26H26N6O7S2. The van der Waals surface area contributed by atoms with Crippen LogP contribution in [0.3, 0.4) is 0 Å². The molecule has 0 atom stereocenters. The van der Waals surface area contributed by atoms with Gasteiger partial charge in [0.25, 0.3) is 10.0 Å². The average molecular weight is 599 g/mol. The first-order valence-corrected chi connectivity index (χ1v) is 15.3. The topological polar surface area (TPSA) is 179 Å². The van der Waals surface area contributed by atoms with Crippen molar-refractivity contribution in [1.29, 1.82) is 0 Å². The number of methoxy groups -OCH3 is 2. The quantitative estimate of drug-likeness (QED) is 0.244. The maximum Gasteiger partial charge on any atom is 0.319 e. The number of aromatic nitrogens is 3. The Morgan fingerprint density at radius 3 is 2.41 bits per heavy atom. The van der Waals surface area contributed by atoms with Crippen LogP contribution < -0.4 is 24.2 Å². The minimum Gasteiger partial charge on any atom is -0.480 e. The number of carbonyl (C=O) groups excluding carboxylic acids is 1. The zero-order chi connectivity index (χ0) is 29.4. The van der Waals surface area contributed by atoms with Crippen molar-refractivity contribution in [3.8, 4) is 23.0 Å². The molecule has 4 aromatic rings. The third-order valence-electron chi connectivity index (χ3n) is 6.13. The Morgan fingerprint density at radius 2 is 1.73 bits per heavy atom. The number of ether oxygens (including phenoxy) is 2. The Balaban J connectivity index is 1.63. The van der Waals surface area contributed by atoms with Crippen molar-refractivity contribution in [2.45, 2.75) is 35.6 Å². The first kappa shape index (κ1) is 28.2. The van der Waals surface area contributed by atoms with Crippen molar-refractivity contribution in [2.24, 2.45) is 0 Å². The second-order valence-electron chi connectivity index (χ2n) is 9.22. The lowest BCUT2D eigenvalue weighted by atomic mass is 10.0. The van der Waals surface area contributed by atoms with E-state index in [1.54, 1.807) is 30.5 Å². The molecule has 0 spiro atoms. The second kappa shape index (κ2) is 10.9. The Bertz CT molecular complexity index is 1880. The van der Waals surface area contributed by atoms with Crippen LogP contribution in [-0.4, -0.2) is 58.0 Å². The van der Waals surface area contributed by atoms with Crippen LogP contribution in [0, 0.1) is 0 Å². The van der Waals surface area contributed by atoms with E-state index in [1.807, 2.05) is 4.72 Å². The van der Waals surface area contributed by atoms with E-state index >= 15 is 0 Å². The summed E-state index contributed by atoms with van der Waals surface area (Å²) in [6.45, 7) is 1.09. The smallest absolute Gasteiger partial charge is 0.319 e. The predicted octanol–water partition coefficient (Wildman–Crippen LogP) is 2.72. The molecule has 0 unspecified atom stereocenters. The number of nitrogens with zero attached hydrogens (tertiary/aromatic N) is 3. The number of amides is 1. The number of pyridine rings is 1. The highest BCUT2D eigenvalue weighted by Gasteiger charge is 2.30. The van der Waals surface area contributed by atoms with E-state index in [0.717, 1.165) is 19.8 Å². The minimum atomic E-state index is -4.13. The predicted molar refractivity (Wildman–Crippen MR) is 150 cm³/mol. The molecule has 1 amide bonds. The molecule has 5 rings (SSSR count). The molecule has 1 aliphatic carbocycles. The molecule has 3 N–H and O–H groups in total. The number of carbonyl (C=O) groups is 1. The summed E-state index contributed by atoms with van der Waals surface area (Å²) in [6, 6.07) is 10.8. The zero-order valence-corrected chi connectivity index (χ0v) is 23.8. The molecule has 0 bridgehead atoms. The highest BCUT2D eigenvalue weighted by molar-refractivity contribution is 7.90. The van der Waals surface area contributed by atoms with E-state index in [2.05, 4.69) is 25.0 Å². The normalized spacial score (nSPS) is 13.5. The molecule has 1 aliphatic rings. The Hall–Kier alpha value is -4.34. The van der Waals surface area contributed by atoms with Crippen LogP contribution in [0.25, 0.3) is 22.0 Å². The SMILES string of the molecule is COc1ncc(-c2ccc3c(Nc4cccc(S(=O)(=O)NC(C)=O)c4)c(S(=O)(=O)NC4CC4)cnc3c2)c(OC)n1. The molecule has 0 radical (unpaired) electrons. The maximum absolute atomic E-state index is 13.3. The number of rotatable bonds is 10. The van der Waals surface area contributed by atoms with Crippen LogP contribution in [0.2, 0.25) is 0 Å². The summed E-state index contributed by atoms with van der Waals surface area (Å²) in [5, 5.41) is 3.53. The van der Waals surface area contributed by atoms with Crippen LogP contribution in [0.15, 0.2) is 64.6 Å². The fourth-order valence-corrected chi connectivity index (χ4v) is 6.55. The number of anilines is 2. The zero-order valence-electron chi connectivity index (χ0n) is 22.2. The van der Waals surface area contributed by atoms with Gasteiger partial charge in [-0.05, 0) is 42.7 Å². The second-order valence-corrected chi connectivity index (χ2v) is 12.6. The summed E-state index contributed by atoms with van der Waals surface area (Å²) in [7, 11) is -5.19. The van der Waals surface area contributed by atoms with Gasteiger partial charge in [0.05, 0.1) is 35.9 Å². The van der Waals surface area contributed by atoms with E-state index in [0.29, 0.717) is 22.0 Å². The summed E-state index contributed by atoms with van der Waals surface area (Å²) in [5.41, 5.74) is 2.14. The van der Waals surface area contributed by atoms with Gasteiger partial charge in [-0.15, -0.1) is 0 Å². The molecule has 214 valence electrons. The van der Waals surface area contributed by atoms with E-state index in [9.17, 15) is 21.6 Å². The van der Waals surface area contributed by atoms with Gasteiger partial charge in [-0.25, -0.2) is 31.3 Å². The van der Waals surface area contributed by atoms with Gasteiger partial charge in [-0.3, -0.25) is 9.78 Å². The Morgan fingerprint density at radius 1 is 0.951 bits per heavy atom. The van der Waals surface area contributed by atoms with Gasteiger partial charge in [0.1, 0.15) is 4.90 Å². The molecule has 1 fully saturated rings. The van der Waals surface area contributed by atoms with Gasteiger partial charge in [-0.2, -0.15) is 4.98 Å². The van der Waals surface area contributed by atoms with Crippen LogP contribution in [0.1, 0.15) is 19.8 Å². The first-order valence-electron chi connectivity index (χ1n) is 12.3. The van der Waals surface area contributed by atoms with Crippen molar-refractivity contribution < 1.29 is 31.1 Å². The monoisotopic (exact) mass is 598 g/mol. The Kier molecular flexibility index (Phi) is 7.50. The molecule has 13 nitrogen and oxygen atoms in total. The molecule has 0 aliphatic heterocycles. The summed E-state index contributed by atoms with van der Waals surface area (Å²) >= 11 is 0. The van der Waals surface area contributed by atoms with Crippen molar-refractivity contribution in [3.05, 3.63) is 54.9 Å². The lowest BCUT2D eigenvalue weighted by Gasteiger charge is -2.17. The van der Waals surface area contributed by atoms with E-state index in [-0.39, 0.29) is 39.1 Å². The third-order valence-corrected chi connectivity index (χ3v) is 9.10. The molecule has 2 heterocycles. The number of benzene rings is 2. The summed E-state index contributed by atoms with van der Waals surface area (Å²) in [4.78, 5) is 23.9. The van der Waals surface area contributed by atoms with Crippen molar-refractivity contribution in [1.82, 2.24) is 24.4 Å². The van der Waals surface area contributed by atoms with Gasteiger partial charge in [0.2, 0.25) is 21.8 Å². The van der Waals surface area contributed by atoms with E-state index < -0.39 is 26.0 Å². The number of nitrogens with one attached hydrogen (secondary N) is 3. The fraction of sp³-hybridized carbons (Fsp3) is 0.231. The van der Waals surface area contributed by atoms with Gasteiger partial charge < -0.3 is 14.8 Å². The largest absolute Gasteiger partial charge is 0.480 e. The summed E-state index contributed by atoms with van der Waals surface area (Å²) < 4.78 is 66.9. The van der Waals surface area contributed by atoms with Crippen molar-refractivity contribution >= 4 is 48.2 Å². The Labute approximate surface area is 236 Å². The number of hydrogen-bond donors (Lipinski definition) is 3. The van der Waals surface area contributed by atoms with Gasteiger partial charge in [0.15, 0.2) is 0 Å². The van der Waals surface area contributed by atoms with Crippen LogP contribution in [0.4, 0.5) is 11.4 Å². The lowest BCUT2D eigenvalue weighted by Crippen LogP contribution is -2.28. The summed E-state index contributed by atoms with van der Waals surface area (Å²) in [5.74, 6) is -0.461. The number of fused-ring (bicyclic) bond motifs is 1. The van der Waals surface area contributed by atoms with Crippen molar-refractivity contribution in [3.63, 3.8) is 0 Å². The van der Waals surface area contributed by atoms with Gasteiger partial charge in [0, 0.05) is 36.4 Å². The first-order chi connectivity index (χ1) is 19.5. The molecule has 15 heteroatoms. The molecule has 41 heavy (non-hydrogen) atoms. The summed E-state index contributed by atoms with van der Waals surface area (Å²) in [6.07, 6.45) is 4.27. The lowest BCUT2D eigenvalue weighted by molar-refractivity contribution is -0.117. The highest BCUT2D eigenvalue weighted by Crippen LogP contribution is 2.37. The van der Waals surface area contributed by atoms with Gasteiger partial charge >= 0.3 is 6.01 Å².